The fraction of sp³-hybridized carbons (Fsp3) is 0.167. The van der Waals surface area contributed by atoms with Crippen molar-refractivity contribution in [2.24, 2.45) is 0 Å². The number of aryl methyl sites for hydroxylation is 1. The summed E-state index contributed by atoms with van der Waals surface area (Å²) in [5.41, 5.74) is 2.69. The topological polar surface area (TPSA) is 63.1 Å². The van der Waals surface area contributed by atoms with E-state index in [2.05, 4.69) is 15.4 Å². The average molecular weight is 384 g/mol. The van der Waals surface area contributed by atoms with Crippen molar-refractivity contribution in [2.75, 3.05) is 24.3 Å². The van der Waals surface area contributed by atoms with E-state index in [0.717, 1.165) is 31.7 Å². The lowest BCUT2D eigenvalue weighted by atomic mass is 10.2. The summed E-state index contributed by atoms with van der Waals surface area (Å²) < 4.78 is 2.87. The summed E-state index contributed by atoms with van der Waals surface area (Å²) in [4.78, 5) is 20.7. The highest BCUT2D eigenvalue weighted by Crippen LogP contribution is 2.34. The van der Waals surface area contributed by atoms with Gasteiger partial charge in [-0.3, -0.25) is 4.79 Å². The van der Waals surface area contributed by atoms with Gasteiger partial charge in [0.1, 0.15) is 4.83 Å². The van der Waals surface area contributed by atoms with E-state index in [1.807, 2.05) is 67.0 Å². The quantitative estimate of drug-likeness (QED) is 0.574. The van der Waals surface area contributed by atoms with Crippen molar-refractivity contribution in [3.8, 4) is 5.69 Å². The highest BCUT2D eigenvalue weighted by atomic mass is 32.1. The maximum absolute atomic E-state index is 12.6. The normalized spacial score (nSPS) is 11.0. The second-order valence-corrected chi connectivity index (χ2v) is 8.10. The largest absolute Gasteiger partial charge is 0.354 e. The number of thiophene rings is 1. The van der Waals surface area contributed by atoms with Crippen molar-refractivity contribution < 1.29 is 4.79 Å². The minimum atomic E-state index is -0.124. The molecule has 0 aliphatic carbocycles. The third-order valence-corrected chi connectivity index (χ3v) is 6.19. The lowest BCUT2D eigenvalue weighted by Crippen LogP contribution is -2.10. The molecule has 3 heterocycles. The minimum absolute atomic E-state index is 0.124. The lowest BCUT2D eigenvalue weighted by Gasteiger charge is -2.08. The van der Waals surface area contributed by atoms with E-state index in [1.165, 1.54) is 11.3 Å². The molecule has 4 rings (SSSR count). The number of carbonyl (C=O) groups excluding carboxylic acids is 1. The highest BCUT2D eigenvalue weighted by Gasteiger charge is 2.15. The number of aromatic nitrogens is 3. The van der Waals surface area contributed by atoms with E-state index in [1.54, 1.807) is 17.5 Å². The van der Waals surface area contributed by atoms with Crippen LogP contribution in [0, 0.1) is 6.92 Å². The molecule has 0 aliphatic heterocycles. The zero-order valence-electron chi connectivity index (χ0n) is 14.6. The number of hydrogen-bond donors (Lipinski definition) is 1. The van der Waals surface area contributed by atoms with E-state index in [9.17, 15) is 4.79 Å². The molecule has 0 bridgehead atoms. The third-order valence-electron chi connectivity index (χ3n) is 3.86. The molecule has 3 aromatic heterocycles. The van der Waals surface area contributed by atoms with Crippen molar-refractivity contribution in [1.29, 1.82) is 0 Å². The summed E-state index contributed by atoms with van der Waals surface area (Å²) in [7, 11) is 3.93. The zero-order valence-corrected chi connectivity index (χ0v) is 16.2. The minimum Gasteiger partial charge on any atom is -0.354 e. The Morgan fingerprint density at radius 1 is 1.19 bits per heavy atom. The molecule has 26 heavy (non-hydrogen) atoms. The standard InChI is InChI=1S/C18H17N5OS2/c1-11-7-8-19-23(11)13-6-4-5-12(9-13)20-16(24)14-10-15-17(25-14)21-18(26-15)22(2)3/h4-10H,1-3H3,(H,20,24). The predicted octanol–water partition coefficient (Wildman–Crippen LogP) is 4.17. The number of anilines is 2. The fourth-order valence-electron chi connectivity index (χ4n) is 2.57. The van der Waals surface area contributed by atoms with Crippen LogP contribution in [0.25, 0.3) is 15.2 Å². The van der Waals surface area contributed by atoms with Crippen molar-refractivity contribution in [3.63, 3.8) is 0 Å². The van der Waals surface area contributed by atoms with E-state index in [0.29, 0.717) is 4.88 Å². The monoisotopic (exact) mass is 383 g/mol. The Labute approximate surface area is 158 Å². The van der Waals surface area contributed by atoms with Gasteiger partial charge in [-0.2, -0.15) is 5.10 Å². The first-order chi connectivity index (χ1) is 12.5. The van der Waals surface area contributed by atoms with Crippen molar-refractivity contribution in [1.82, 2.24) is 14.8 Å². The molecule has 1 N–H and O–H groups in total. The molecule has 0 spiro atoms. The summed E-state index contributed by atoms with van der Waals surface area (Å²) in [6.07, 6.45) is 1.76. The molecular weight excluding hydrogens is 366 g/mol. The van der Waals surface area contributed by atoms with Crippen LogP contribution in [-0.4, -0.2) is 34.8 Å². The Balaban J connectivity index is 1.56. The molecule has 1 aromatic carbocycles. The summed E-state index contributed by atoms with van der Waals surface area (Å²) >= 11 is 3.00. The molecule has 0 radical (unpaired) electrons. The van der Waals surface area contributed by atoms with E-state index in [4.69, 9.17) is 0 Å². The van der Waals surface area contributed by atoms with Crippen LogP contribution in [-0.2, 0) is 0 Å². The van der Waals surface area contributed by atoms with Crippen LogP contribution in [0.15, 0.2) is 42.6 Å². The smallest absolute Gasteiger partial charge is 0.265 e. The molecule has 0 atom stereocenters. The van der Waals surface area contributed by atoms with Crippen LogP contribution in [0.3, 0.4) is 0 Å². The lowest BCUT2D eigenvalue weighted by molar-refractivity contribution is 0.103. The first-order valence-corrected chi connectivity index (χ1v) is 9.64. The van der Waals surface area contributed by atoms with Crippen LogP contribution in [0.2, 0.25) is 0 Å². The Morgan fingerprint density at radius 2 is 2.04 bits per heavy atom. The van der Waals surface area contributed by atoms with Gasteiger partial charge in [0.25, 0.3) is 5.91 Å². The number of thiazole rings is 1. The van der Waals surface area contributed by atoms with Crippen molar-refractivity contribution in [2.45, 2.75) is 6.92 Å². The summed E-state index contributed by atoms with van der Waals surface area (Å²) in [5.74, 6) is -0.124. The van der Waals surface area contributed by atoms with Crippen molar-refractivity contribution in [3.05, 3.63) is 53.2 Å². The number of nitrogens with zero attached hydrogens (tertiary/aromatic N) is 4. The molecule has 1 amide bonds. The van der Waals surface area contributed by atoms with Gasteiger partial charge in [-0.15, -0.1) is 11.3 Å². The zero-order chi connectivity index (χ0) is 18.3. The Bertz CT molecular complexity index is 1060. The second-order valence-electron chi connectivity index (χ2n) is 6.06. The maximum Gasteiger partial charge on any atom is 0.265 e. The molecule has 0 saturated heterocycles. The van der Waals surface area contributed by atoms with Gasteiger partial charge in [-0.1, -0.05) is 17.4 Å². The summed E-state index contributed by atoms with van der Waals surface area (Å²) in [6.45, 7) is 1.99. The molecule has 0 saturated carbocycles. The molecule has 8 heteroatoms. The SMILES string of the molecule is Cc1ccnn1-c1cccc(NC(=O)c2cc3sc(N(C)C)nc3s2)c1. The number of benzene rings is 1. The van der Waals surface area contributed by atoms with Gasteiger partial charge in [0.05, 0.1) is 15.3 Å². The number of carbonyl (C=O) groups is 1. The van der Waals surface area contributed by atoms with Gasteiger partial charge in [0, 0.05) is 31.7 Å². The van der Waals surface area contributed by atoms with Gasteiger partial charge in [0.2, 0.25) is 0 Å². The molecule has 6 nitrogen and oxygen atoms in total. The number of fused-ring (bicyclic) bond motifs is 1. The van der Waals surface area contributed by atoms with E-state index in [-0.39, 0.29) is 5.91 Å². The fourth-order valence-corrected chi connectivity index (χ4v) is 4.60. The van der Waals surface area contributed by atoms with E-state index < -0.39 is 0 Å². The van der Waals surface area contributed by atoms with Gasteiger partial charge >= 0.3 is 0 Å². The molecule has 0 unspecified atom stereocenters. The molecule has 4 aromatic rings. The van der Waals surface area contributed by atoms with E-state index >= 15 is 0 Å². The summed E-state index contributed by atoms with van der Waals surface area (Å²) in [5, 5.41) is 8.21. The van der Waals surface area contributed by atoms with Crippen LogP contribution in [0.4, 0.5) is 10.8 Å². The number of amides is 1. The highest BCUT2D eigenvalue weighted by molar-refractivity contribution is 7.29. The van der Waals surface area contributed by atoms with Crippen LogP contribution < -0.4 is 10.2 Å². The molecule has 0 aliphatic rings. The van der Waals surface area contributed by atoms with Crippen molar-refractivity contribution >= 4 is 48.9 Å². The van der Waals surface area contributed by atoms with Crippen LogP contribution >= 0.6 is 22.7 Å². The molecular formula is C18H17N5OS2. The summed E-state index contributed by atoms with van der Waals surface area (Å²) in [6, 6.07) is 11.5. The van der Waals surface area contributed by atoms with Gasteiger partial charge in [-0.05, 0) is 37.3 Å². The Hall–Kier alpha value is -2.71. The Morgan fingerprint density at radius 3 is 2.73 bits per heavy atom. The first kappa shape index (κ1) is 16.7. The number of rotatable bonds is 4. The predicted molar refractivity (Wildman–Crippen MR) is 108 cm³/mol. The van der Waals surface area contributed by atoms with Gasteiger partial charge in [0.15, 0.2) is 5.13 Å². The average Bonchev–Trinajstić information content (AvgIpc) is 3.28. The van der Waals surface area contributed by atoms with Gasteiger partial charge < -0.3 is 10.2 Å². The first-order valence-electron chi connectivity index (χ1n) is 8.01. The van der Waals surface area contributed by atoms with Gasteiger partial charge in [-0.25, -0.2) is 9.67 Å². The second kappa shape index (κ2) is 6.54. The number of hydrogen-bond acceptors (Lipinski definition) is 6. The number of nitrogens with one attached hydrogen (secondary N) is 1. The molecule has 0 fully saturated rings. The molecule has 132 valence electrons. The third kappa shape index (κ3) is 3.09. The van der Waals surface area contributed by atoms with Crippen LogP contribution in [0.1, 0.15) is 15.4 Å². The maximum atomic E-state index is 12.6. The Kier molecular flexibility index (Phi) is 4.21. The van der Waals surface area contributed by atoms with Crippen LogP contribution in [0.5, 0.6) is 0 Å².